The van der Waals surface area contributed by atoms with E-state index in [9.17, 15) is 4.79 Å². The number of carbonyl (C=O) groups is 1. The Kier molecular flexibility index (Phi) is 11.0. The number of nitrogens with one attached hydrogen (secondary N) is 2. The fourth-order valence-electron chi connectivity index (χ4n) is 2.86. The van der Waals surface area contributed by atoms with E-state index in [4.69, 9.17) is 26.4 Å². The summed E-state index contributed by atoms with van der Waals surface area (Å²) in [6.07, 6.45) is 1.97. The molecule has 2 aromatic rings. The normalized spacial score (nSPS) is 10.8. The quantitative estimate of drug-likeness (QED) is 0.406. The van der Waals surface area contributed by atoms with Crippen molar-refractivity contribution in [1.29, 1.82) is 0 Å². The summed E-state index contributed by atoms with van der Waals surface area (Å²) in [6.45, 7) is 10.4. The van der Waals surface area contributed by atoms with Crippen molar-refractivity contribution in [3.63, 3.8) is 0 Å². The average molecular weight is 473 g/mol. The lowest BCUT2D eigenvalue weighted by molar-refractivity contribution is 0.0976. The highest BCUT2D eigenvalue weighted by Gasteiger charge is 2.10. The molecule has 0 atom stereocenters. The van der Waals surface area contributed by atoms with Gasteiger partial charge in [0.15, 0.2) is 16.6 Å². The van der Waals surface area contributed by atoms with Crippen molar-refractivity contribution in [2.75, 3.05) is 20.3 Å². The number of hydrogen-bond donors (Lipinski definition) is 2. The highest BCUT2D eigenvalue weighted by atomic mass is 32.1. The number of hydrogen-bond acceptors (Lipinski definition) is 5. The molecule has 0 heterocycles. The number of benzene rings is 2. The van der Waals surface area contributed by atoms with Crippen molar-refractivity contribution >= 4 is 23.2 Å². The van der Waals surface area contributed by atoms with Crippen molar-refractivity contribution in [1.82, 2.24) is 10.6 Å². The molecule has 0 aliphatic rings. The van der Waals surface area contributed by atoms with E-state index >= 15 is 0 Å². The van der Waals surface area contributed by atoms with Crippen LogP contribution in [0.1, 0.15) is 56.5 Å². The van der Waals surface area contributed by atoms with Crippen LogP contribution in [0.5, 0.6) is 17.2 Å². The molecular formula is C26H36N2O4S. The van der Waals surface area contributed by atoms with E-state index < -0.39 is 0 Å². The van der Waals surface area contributed by atoms with E-state index in [1.54, 1.807) is 31.4 Å². The number of methoxy groups -OCH3 is 1. The van der Waals surface area contributed by atoms with Crippen LogP contribution in [-0.2, 0) is 6.54 Å². The van der Waals surface area contributed by atoms with Gasteiger partial charge in [-0.2, -0.15) is 0 Å². The predicted octanol–water partition coefficient (Wildman–Crippen LogP) is 5.35. The van der Waals surface area contributed by atoms with Gasteiger partial charge in [0, 0.05) is 12.1 Å². The van der Waals surface area contributed by atoms with Crippen molar-refractivity contribution < 1.29 is 19.0 Å². The van der Waals surface area contributed by atoms with E-state index in [0.29, 0.717) is 42.9 Å². The van der Waals surface area contributed by atoms with E-state index in [2.05, 4.69) is 38.3 Å². The molecule has 0 radical (unpaired) electrons. The van der Waals surface area contributed by atoms with Crippen LogP contribution in [0.4, 0.5) is 0 Å². The molecule has 180 valence electrons. The number of ether oxygens (including phenoxy) is 3. The third-order valence-corrected chi connectivity index (χ3v) is 5.19. The molecule has 2 N–H and O–H groups in total. The van der Waals surface area contributed by atoms with Gasteiger partial charge >= 0.3 is 0 Å². The van der Waals surface area contributed by atoms with Crippen molar-refractivity contribution in [2.24, 2.45) is 11.8 Å². The minimum atomic E-state index is -0.271. The first kappa shape index (κ1) is 26.5. The zero-order chi connectivity index (χ0) is 24.2. The summed E-state index contributed by atoms with van der Waals surface area (Å²) in [5, 5.41) is 6.02. The Morgan fingerprint density at radius 2 is 1.55 bits per heavy atom. The summed E-state index contributed by atoms with van der Waals surface area (Å²) < 4.78 is 17.0. The minimum Gasteiger partial charge on any atom is -0.494 e. The monoisotopic (exact) mass is 472 g/mol. The lowest BCUT2D eigenvalue weighted by Gasteiger charge is -2.14. The summed E-state index contributed by atoms with van der Waals surface area (Å²) in [6, 6.07) is 12.8. The van der Waals surface area contributed by atoms with Gasteiger partial charge in [0.2, 0.25) is 0 Å². The largest absolute Gasteiger partial charge is 0.494 e. The van der Waals surface area contributed by atoms with Crippen LogP contribution >= 0.6 is 12.2 Å². The Hall–Kier alpha value is -2.80. The lowest BCUT2D eigenvalue weighted by atomic mass is 10.1. The van der Waals surface area contributed by atoms with E-state index in [1.165, 1.54) is 0 Å². The molecular weight excluding hydrogens is 436 g/mol. The van der Waals surface area contributed by atoms with E-state index in [-0.39, 0.29) is 11.0 Å². The summed E-state index contributed by atoms with van der Waals surface area (Å²) in [7, 11) is 1.62. The molecule has 2 aromatic carbocycles. The number of carbonyl (C=O) groups excluding carboxylic acids is 1. The minimum absolute atomic E-state index is 0.258. The van der Waals surface area contributed by atoms with Gasteiger partial charge in [0.1, 0.15) is 5.75 Å². The van der Waals surface area contributed by atoms with E-state index in [0.717, 1.165) is 29.9 Å². The maximum atomic E-state index is 12.5. The number of thiocarbonyl (C=S) groups is 1. The molecule has 0 spiro atoms. The Morgan fingerprint density at radius 1 is 0.909 bits per heavy atom. The molecule has 6 nitrogen and oxygen atoms in total. The Morgan fingerprint density at radius 3 is 2.15 bits per heavy atom. The zero-order valence-corrected chi connectivity index (χ0v) is 21.1. The fraction of sp³-hybridized carbons (Fsp3) is 0.462. The smallest absolute Gasteiger partial charge is 0.257 e. The standard InChI is InChI=1S/C26H36N2O4S/c1-18(2)12-14-31-22-9-7-21(8-10-22)25(29)28-26(33)27-17-20-6-11-23(24(16-20)30-5)32-15-13-19(3)4/h6-11,16,18-19H,12-15,17H2,1-5H3,(H2,27,28,29,33). The third-order valence-electron chi connectivity index (χ3n) is 4.94. The summed E-state index contributed by atoms with van der Waals surface area (Å²) in [5.74, 6) is 3.03. The van der Waals surface area contributed by atoms with Gasteiger partial charge in [-0.3, -0.25) is 10.1 Å². The zero-order valence-electron chi connectivity index (χ0n) is 20.3. The molecule has 0 saturated heterocycles. The first-order chi connectivity index (χ1) is 15.8. The van der Waals surface area contributed by atoms with Crippen molar-refractivity contribution in [3.8, 4) is 17.2 Å². The molecule has 0 saturated carbocycles. The molecule has 7 heteroatoms. The van der Waals surface area contributed by atoms with Gasteiger partial charge in [-0.05, 0) is 78.9 Å². The van der Waals surface area contributed by atoms with Crippen LogP contribution in [-0.4, -0.2) is 31.3 Å². The first-order valence-corrected chi connectivity index (χ1v) is 11.8. The van der Waals surface area contributed by atoms with Gasteiger partial charge in [0.05, 0.1) is 20.3 Å². The Bertz CT molecular complexity index is 898. The Balaban J connectivity index is 1.82. The second kappa shape index (κ2) is 13.7. The average Bonchev–Trinajstić information content (AvgIpc) is 2.78. The molecule has 0 aliphatic carbocycles. The van der Waals surface area contributed by atoms with Gasteiger partial charge in [-0.1, -0.05) is 33.8 Å². The highest BCUT2D eigenvalue weighted by Crippen LogP contribution is 2.28. The summed E-state index contributed by atoms with van der Waals surface area (Å²) in [4.78, 5) is 12.5. The highest BCUT2D eigenvalue weighted by molar-refractivity contribution is 7.80. The van der Waals surface area contributed by atoms with Crippen LogP contribution < -0.4 is 24.8 Å². The molecule has 0 unspecified atom stereocenters. The molecule has 0 bridgehead atoms. The van der Waals surface area contributed by atoms with Gasteiger partial charge in [0.25, 0.3) is 5.91 Å². The van der Waals surface area contributed by atoms with Crippen molar-refractivity contribution in [2.45, 2.75) is 47.1 Å². The Labute approximate surface area is 203 Å². The lowest BCUT2D eigenvalue weighted by Crippen LogP contribution is -2.38. The molecule has 33 heavy (non-hydrogen) atoms. The number of rotatable bonds is 12. The maximum absolute atomic E-state index is 12.5. The van der Waals surface area contributed by atoms with Crippen LogP contribution in [0.3, 0.4) is 0 Å². The summed E-state index contributed by atoms with van der Waals surface area (Å²) in [5.41, 5.74) is 1.47. The molecule has 0 aromatic heterocycles. The SMILES string of the molecule is COc1cc(CNC(=S)NC(=O)c2ccc(OCCC(C)C)cc2)ccc1OCCC(C)C. The molecule has 2 rings (SSSR count). The molecule has 0 aliphatic heterocycles. The van der Waals surface area contributed by atoms with Crippen molar-refractivity contribution in [3.05, 3.63) is 53.6 Å². The first-order valence-electron chi connectivity index (χ1n) is 11.4. The summed E-state index contributed by atoms with van der Waals surface area (Å²) >= 11 is 5.28. The van der Waals surface area contributed by atoms with Crippen LogP contribution in [0.2, 0.25) is 0 Å². The van der Waals surface area contributed by atoms with Gasteiger partial charge < -0.3 is 19.5 Å². The van der Waals surface area contributed by atoms with Crippen LogP contribution in [0.15, 0.2) is 42.5 Å². The van der Waals surface area contributed by atoms with Gasteiger partial charge in [-0.25, -0.2) is 0 Å². The molecule has 1 amide bonds. The number of amides is 1. The second-order valence-electron chi connectivity index (χ2n) is 8.71. The maximum Gasteiger partial charge on any atom is 0.257 e. The van der Waals surface area contributed by atoms with Crippen LogP contribution in [0, 0.1) is 11.8 Å². The predicted molar refractivity (Wildman–Crippen MR) is 136 cm³/mol. The van der Waals surface area contributed by atoms with Gasteiger partial charge in [-0.15, -0.1) is 0 Å². The van der Waals surface area contributed by atoms with E-state index in [1.807, 2.05) is 18.2 Å². The fourth-order valence-corrected chi connectivity index (χ4v) is 3.03. The molecule has 0 fully saturated rings. The topological polar surface area (TPSA) is 68.8 Å². The third kappa shape index (κ3) is 9.70. The second-order valence-corrected chi connectivity index (χ2v) is 9.12. The van der Waals surface area contributed by atoms with Crippen LogP contribution in [0.25, 0.3) is 0 Å².